The fourth-order valence-electron chi connectivity index (χ4n) is 12.7. The largest absolute Gasteiger partial charge is 0.481 e. The molecule has 374 valence electrons. The SMILES string of the molecule is COC[C@@H](CCO)c1c(CO)c2ccc3c(c2oc1=O)[C@H]1OC(=O)C[C@@H]2C[C@H](c4cccc(Cc5ccccc5)c4)C=C[C@H]2c2ccc4cc2CC#CC[C@@](C2CCCCC2)(O3)[C@H]1OC(=O)C(=C(C)C)CC4. The van der Waals surface area contributed by atoms with Crippen molar-refractivity contribution >= 4 is 22.9 Å². The van der Waals surface area contributed by atoms with Crippen LogP contribution in [0.5, 0.6) is 5.75 Å². The number of allylic oxidation sites excluding steroid dienone is 3. The van der Waals surface area contributed by atoms with Gasteiger partial charge in [0.25, 0.3) is 0 Å². The van der Waals surface area contributed by atoms with E-state index >= 15 is 9.59 Å². The van der Waals surface area contributed by atoms with Crippen LogP contribution in [0.15, 0.2) is 117 Å². The molecule has 5 aromatic rings. The van der Waals surface area contributed by atoms with Crippen LogP contribution in [-0.4, -0.2) is 54.2 Å². The minimum Gasteiger partial charge on any atom is -0.481 e. The van der Waals surface area contributed by atoms with Crippen molar-refractivity contribution in [2.24, 2.45) is 11.8 Å². The smallest absolute Gasteiger partial charge is 0.340 e. The van der Waals surface area contributed by atoms with Gasteiger partial charge in [0.05, 0.1) is 25.2 Å². The molecule has 0 amide bonds. The lowest BCUT2D eigenvalue weighted by Gasteiger charge is -2.51. The highest BCUT2D eigenvalue weighted by Gasteiger charge is 2.59. The van der Waals surface area contributed by atoms with Crippen LogP contribution >= 0.6 is 0 Å². The number of benzene rings is 4. The number of carbonyl (C=O) groups is 2. The molecule has 0 spiro atoms. The molecule has 5 aliphatic rings. The van der Waals surface area contributed by atoms with Gasteiger partial charge in [-0.3, -0.25) is 4.79 Å². The zero-order valence-corrected chi connectivity index (χ0v) is 41.8. The molecule has 0 radical (unpaired) electrons. The van der Waals surface area contributed by atoms with Gasteiger partial charge in [0.2, 0.25) is 0 Å². The van der Waals surface area contributed by atoms with Crippen LogP contribution in [0, 0.1) is 23.7 Å². The monoisotopic (exact) mass is 970 g/mol. The maximum atomic E-state index is 15.4. The van der Waals surface area contributed by atoms with Crippen molar-refractivity contribution in [2.45, 2.75) is 139 Å². The zero-order valence-electron chi connectivity index (χ0n) is 41.8. The molecule has 10 nitrogen and oxygen atoms in total. The zero-order chi connectivity index (χ0) is 49.9. The van der Waals surface area contributed by atoms with E-state index in [0.29, 0.717) is 48.0 Å². The van der Waals surface area contributed by atoms with Gasteiger partial charge in [0, 0.05) is 66.8 Å². The first-order valence-corrected chi connectivity index (χ1v) is 26.1. The van der Waals surface area contributed by atoms with E-state index in [1.807, 2.05) is 19.9 Å². The number of esters is 2. The summed E-state index contributed by atoms with van der Waals surface area (Å²) < 4.78 is 33.2. The molecule has 0 unspecified atom stereocenters. The summed E-state index contributed by atoms with van der Waals surface area (Å²) in [6.45, 7) is 3.21. The van der Waals surface area contributed by atoms with Crippen LogP contribution in [0.3, 0.4) is 0 Å². The number of fused-ring (bicyclic) bond motifs is 9. The van der Waals surface area contributed by atoms with E-state index in [1.54, 1.807) is 12.1 Å². The molecule has 0 saturated heterocycles. The molecule has 10 rings (SSSR count). The van der Waals surface area contributed by atoms with Gasteiger partial charge in [-0.05, 0) is 116 Å². The molecule has 1 fully saturated rings. The lowest BCUT2D eigenvalue weighted by atomic mass is 9.68. The van der Waals surface area contributed by atoms with Gasteiger partial charge in [-0.25, -0.2) is 9.59 Å². The summed E-state index contributed by atoms with van der Waals surface area (Å²) in [6, 6.07) is 29.4. The summed E-state index contributed by atoms with van der Waals surface area (Å²) >= 11 is 0. The first-order chi connectivity index (χ1) is 35.1. The van der Waals surface area contributed by atoms with Gasteiger partial charge in [-0.2, -0.15) is 0 Å². The molecule has 4 heterocycles. The lowest BCUT2D eigenvalue weighted by Crippen LogP contribution is -2.60. The average molecular weight is 971 g/mol. The predicted octanol–water partition coefficient (Wildman–Crippen LogP) is 11.0. The number of aliphatic hydroxyl groups excluding tert-OH is 2. The first kappa shape index (κ1) is 49.3. The number of ether oxygens (including phenoxy) is 4. The Morgan fingerprint density at radius 3 is 2.47 bits per heavy atom. The molecule has 5 bridgehead atoms. The summed E-state index contributed by atoms with van der Waals surface area (Å²) in [5.41, 5.74) is 7.17. The van der Waals surface area contributed by atoms with Crippen molar-refractivity contribution in [3.8, 4) is 17.6 Å². The standard InChI is InChI=1S/C62H66O10/c1-38(2)48-23-20-40-21-24-49-44(32-40)16-10-11-29-62(47-18-8-5-9-19-47)59(71-60(48)66)58(56-53(72-62)27-26-51-52(36-64)55(61(67)70-57(51)56)45(28-30-63)37-68-3)69-54(65)35-46-34-43(22-25-50(46)49)42-17-12-15-41(33-42)31-39-13-6-4-7-14-39/h4,6-7,12-15,17,21-22,24-27,32-33,43,45-47,50,58-59,63-64H,5,8-9,16,18-20,23,28-31,34-37H2,1-3H3/t43-,45-,46+,50-,58-,59+,62+/m1/s1. The molecule has 2 N–H and O–H groups in total. The highest BCUT2D eigenvalue weighted by atomic mass is 16.6. The Bertz CT molecular complexity index is 3010. The van der Waals surface area contributed by atoms with E-state index < -0.39 is 47.9 Å². The van der Waals surface area contributed by atoms with Gasteiger partial charge in [-0.15, -0.1) is 0 Å². The first-order valence-electron chi connectivity index (χ1n) is 26.1. The molecule has 72 heavy (non-hydrogen) atoms. The van der Waals surface area contributed by atoms with E-state index in [9.17, 15) is 15.0 Å². The number of hydrogen-bond acceptors (Lipinski definition) is 10. The van der Waals surface area contributed by atoms with Crippen molar-refractivity contribution in [3.05, 3.63) is 169 Å². The van der Waals surface area contributed by atoms with Gasteiger partial charge < -0.3 is 33.6 Å². The molecule has 2 aliphatic carbocycles. The van der Waals surface area contributed by atoms with Crippen molar-refractivity contribution in [1.82, 2.24) is 0 Å². The van der Waals surface area contributed by atoms with Crippen molar-refractivity contribution < 1.29 is 43.2 Å². The fourth-order valence-corrected chi connectivity index (χ4v) is 12.7. The molecule has 4 aromatic carbocycles. The summed E-state index contributed by atoms with van der Waals surface area (Å²) in [5, 5.41) is 21.6. The van der Waals surface area contributed by atoms with Crippen molar-refractivity contribution in [2.75, 3.05) is 20.3 Å². The summed E-state index contributed by atoms with van der Waals surface area (Å²) in [7, 11) is 1.52. The highest BCUT2D eigenvalue weighted by molar-refractivity contribution is 5.90. The second-order valence-electron chi connectivity index (χ2n) is 20.9. The Labute approximate surface area is 422 Å². The number of aliphatic hydroxyl groups is 2. The molecular formula is C62H66O10. The Kier molecular flexibility index (Phi) is 14.7. The Morgan fingerprint density at radius 1 is 0.875 bits per heavy atom. The van der Waals surface area contributed by atoms with E-state index in [-0.39, 0.29) is 72.9 Å². The quantitative estimate of drug-likeness (QED) is 0.0457. The van der Waals surface area contributed by atoms with Gasteiger partial charge in [0.1, 0.15) is 11.3 Å². The van der Waals surface area contributed by atoms with E-state index in [0.717, 1.165) is 60.8 Å². The van der Waals surface area contributed by atoms with Crippen LogP contribution in [0.2, 0.25) is 0 Å². The highest BCUT2D eigenvalue weighted by Crippen LogP contribution is 2.54. The molecular weight excluding hydrogens is 905 g/mol. The van der Waals surface area contributed by atoms with E-state index in [1.165, 1.54) is 23.8 Å². The molecule has 1 saturated carbocycles. The van der Waals surface area contributed by atoms with Crippen molar-refractivity contribution in [1.29, 1.82) is 0 Å². The van der Waals surface area contributed by atoms with Gasteiger partial charge >= 0.3 is 17.6 Å². The van der Waals surface area contributed by atoms with Crippen molar-refractivity contribution in [3.63, 3.8) is 0 Å². The summed E-state index contributed by atoms with van der Waals surface area (Å²) in [4.78, 5) is 45.0. The van der Waals surface area contributed by atoms with E-state index in [4.69, 9.17) is 23.4 Å². The maximum absolute atomic E-state index is 15.4. The maximum Gasteiger partial charge on any atom is 0.340 e. The third-order valence-electron chi connectivity index (χ3n) is 16.3. The summed E-state index contributed by atoms with van der Waals surface area (Å²) in [5.74, 6) is 5.46. The van der Waals surface area contributed by atoms with Crippen LogP contribution in [0.25, 0.3) is 11.0 Å². The minimum absolute atomic E-state index is 0.0257. The lowest BCUT2D eigenvalue weighted by molar-refractivity contribution is -0.204. The Hall–Kier alpha value is -6.25. The molecule has 3 aliphatic heterocycles. The Morgan fingerprint density at radius 2 is 1.69 bits per heavy atom. The van der Waals surface area contributed by atoms with Crippen LogP contribution in [-0.2, 0) is 49.7 Å². The predicted molar refractivity (Wildman–Crippen MR) is 276 cm³/mol. The fraction of sp³-hybridized carbons (Fsp3) is 0.435. The molecule has 10 heteroatoms. The topological polar surface area (TPSA) is 142 Å². The average Bonchev–Trinajstić information content (AvgIpc) is 3.38. The number of methoxy groups -OCH3 is 1. The Balaban J connectivity index is 1.17. The number of rotatable bonds is 10. The second kappa shape index (κ2) is 21.5. The van der Waals surface area contributed by atoms with Crippen LogP contribution < -0.4 is 10.4 Å². The third kappa shape index (κ3) is 9.71. The second-order valence-corrected chi connectivity index (χ2v) is 20.9. The molecule has 7 atom stereocenters. The number of aryl methyl sites for hydroxylation is 1. The van der Waals surface area contributed by atoms with E-state index in [2.05, 4.69) is 90.7 Å². The van der Waals surface area contributed by atoms with Crippen LogP contribution in [0.4, 0.5) is 0 Å². The molecule has 1 aromatic heterocycles. The summed E-state index contributed by atoms with van der Waals surface area (Å²) in [6.07, 6.45) is 9.99. The van der Waals surface area contributed by atoms with Gasteiger partial charge in [0.15, 0.2) is 17.8 Å². The normalized spacial score (nSPS) is 24.6. The third-order valence-corrected chi connectivity index (χ3v) is 16.3. The number of hydrogen-bond donors (Lipinski definition) is 2. The van der Waals surface area contributed by atoms with Crippen LogP contribution in [0.1, 0.15) is 152 Å². The number of carbonyl (C=O) groups excluding carboxylic acids is 2. The van der Waals surface area contributed by atoms with Gasteiger partial charge in [-0.1, -0.05) is 122 Å². The minimum atomic E-state index is -1.29.